The number of fused-ring (bicyclic) bond motifs is 1. The van der Waals surface area contributed by atoms with Gasteiger partial charge in [-0.3, -0.25) is 4.79 Å². The smallest absolute Gasteiger partial charge is 0.399 e. The lowest BCUT2D eigenvalue weighted by Crippen LogP contribution is -2.42. The van der Waals surface area contributed by atoms with Crippen molar-refractivity contribution in [2.75, 3.05) is 13.1 Å². The van der Waals surface area contributed by atoms with Crippen LogP contribution < -0.4 is 15.4 Å². The Labute approximate surface area is 227 Å². The predicted octanol–water partition coefficient (Wildman–Crippen LogP) is 5.51. The summed E-state index contributed by atoms with van der Waals surface area (Å²) in [6.45, 7) is -0.628. The Morgan fingerprint density at radius 3 is 2.51 bits per heavy atom. The Morgan fingerprint density at radius 1 is 1.19 bits per heavy atom. The van der Waals surface area contributed by atoms with Crippen molar-refractivity contribution < 1.29 is 32.3 Å². The minimum Gasteiger partial charge on any atom is -0.399 e. The zero-order valence-electron chi connectivity index (χ0n) is 18.6. The van der Waals surface area contributed by atoms with Gasteiger partial charge in [-0.25, -0.2) is 4.79 Å². The molecular weight excluding hydrogens is 580 g/mol. The molecule has 8 nitrogen and oxygen atoms in total. The van der Waals surface area contributed by atoms with Gasteiger partial charge in [0.25, 0.3) is 5.60 Å². The van der Waals surface area contributed by atoms with Gasteiger partial charge in [0.2, 0.25) is 5.91 Å². The average Bonchev–Trinajstić information content (AvgIpc) is 3.56. The van der Waals surface area contributed by atoms with E-state index in [4.69, 9.17) is 49.6 Å². The van der Waals surface area contributed by atoms with Crippen LogP contribution in [0.25, 0.3) is 0 Å². The number of ether oxygens (including phenoxy) is 1. The SMILES string of the molecule is N#CCNC(=O)CNC(=O)Oc1sc(C2=NOC(c3cc(Cl)c(Cl)c(Cl)c3)(C(F)(F)F)C2)c2c1CCC2. The molecular formula is C22H16Cl3F3N4O4S. The summed E-state index contributed by atoms with van der Waals surface area (Å²) in [5.74, 6) is -0.584. The zero-order chi connectivity index (χ0) is 27.0. The fraction of sp³-hybridized carbons (Fsp3) is 0.364. The van der Waals surface area contributed by atoms with Crippen molar-refractivity contribution in [2.24, 2.45) is 5.16 Å². The number of benzene rings is 1. The van der Waals surface area contributed by atoms with Crippen molar-refractivity contribution in [2.45, 2.75) is 37.5 Å². The van der Waals surface area contributed by atoms with Gasteiger partial charge in [0.15, 0.2) is 5.06 Å². The highest BCUT2D eigenvalue weighted by Gasteiger charge is 2.63. The maximum Gasteiger partial charge on any atom is 0.435 e. The minimum atomic E-state index is -4.88. The van der Waals surface area contributed by atoms with Crippen molar-refractivity contribution in [1.29, 1.82) is 5.26 Å². The average molecular weight is 596 g/mol. The Morgan fingerprint density at radius 2 is 1.86 bits per heavy atom. The summed E-state index contributed by atoms with van der Waals surface area (Å²) in [6, 6.07) is 3.83. The van der Waals surface area contributed by atoms with Crippen LogP contribution in [0.1, 0.15) is 34.4 Å². The van der Waals surface area contributed by atoms with E-state index in [1.165, 1.54) is 0 Å². The second-order valence-corrected chi connectivity index (χ2v) is 10.3. The maximum atomic E-state index is 14.4. The van der Waals surface area contributed by atoms with Crippen molar-refractivity contribution >= 4 is 63.9 Å². The van der Waals surface area contributed by atoms with Crippen LogP contribution in [0, 0.1) is 11.3 Å². The molecule has 2 heterocycles. The van der Waals surface area contributed by atoms with Crippen molar-refractivity contribution in [1.82, 2.24) is 10.6 Å². The largest absolute Gasteiger partial charge is 0.435 e. The molecule has 0 radical (unpaired) electrons. The van der Waals surface area contributed by atoms with E-state index in [9.17, 15) is 22.8 Å². The standard InChI is InChI=1S/C22H16Cl3F3N4O4S/c23-13-6-10(7-14(24)17(13)25)21(22(26,27)28)8-15(32-36-21)18-11-2-1-3-12(11)19(37-18)35-20(34)31-9-16(33)30-5-4-29/h6-7H,1-3,5,8-9H2,(H,30,33)(H,31,34). The van der Waals surface area contributed by atoms with Crippen LogP contribution in [0.4, 0.5) is 18.0 Å². The van der Waals surface area contributed by atoms with E-state index in [1.54, 1.807) is 6.07 Å². The van der Waals surface area contributed by atoms with E-state index >= 15 is 0 Å². The summed E-state index contributed by atoms with van der Waals surface area (Å²) >= 11 is 18.9. The quantitative estimate of drug-likeness (QED) is 0.338. The van der Waals surface area contributed by atoms with Gasteiger partial charge in [0.1, 0.15) is 18.8 Å². The van der Waals surface area contributed by atoms with Gasteiger partial charge in [-0.1, -0.05) is 51.3 Å². The molecule has 1 aromatic carbocycles. The first-order valence-electron chi connectivity index (χ1n) is 10.7. The Kier molecular flexibility index (Phi) is 7.80. The number of rotatable bonds is 6. The molecule has 1 aromatic heterocycles. The highest BCUT2D eigenvalue weighted by Crippen LogP contribution is 2.52. The number of nitrogens with zero attached hydrogens (tertiary/aromatic N) is 2. The van der Waals surface area contributed by atoms with Crippen LogP contribution in [-0.2, 0) is 28.1 Å². The Hall–Kier alpha value is -2.72. The normalized spacial score (nSPS) is 18.5. The third kappa shape index (κ3) is 5.31. The number of halogens is 6. The minimum absolute atomic E-state index is 0.0359. The van der Waals surface area contributed by atoms with E-state index < -0.39 is 36.7 Å². The van der Waals surface area contributed by atoms with Crippen LogP contribution in [0.2, 0.25) is 15.1 Å². The number of amides is 2. The number of oxime groups is 1. The van der Waals surface area contributed by atoms with E-state index in [1.807, 2.05) is 0 Å². The number of nitrogens with one attached hydrogen (secondary N) is 2. The first kappa shape index (κ1) is 27.3. The lowest BCUT2D eigenvalue weighted by Gasteiger charge is -2.29. The molecule has 4 rings (SSSR count). The number of hydrogen-bond acceptors (Lipinski definition) is 7. The summed E-state index contributed by atoms with van der Waals surface area (Å²) in [5, 5.41) is 16.6. The first-order chi connectivity index (χ1) is 17.5. The van der Waals surface area contributed by atoms with Crippen LogP contribution in [0.3, 0.4) is 0 Å². The number of alkyl halides is 3. The molecule has 2 aliphatic rings. The zero-order valence-corrected chi connectivity index (χ0v) is 21.7. The van der Waals surface area contributed by atoms with Crippen LogP contribution in [0.5, 0.6) is 5.06 Å². The van der Waals surface area contributed by atoms with Gasteiger partial charge in [0, 0.05) is 11.1 Å². The molecule has 0 bridgehead atoms. The maximum absolute atomic E-state index is 14.4. The topological polar surface area (TPSA) is 113 Å². The second kappa shape index (κ2) is 10.6. The van der Waals surface area contributed by atoms with Gasteiger partial charge in [-0.2, -0.15) is 18.4 Å². The lowest BCUT2D eigenvalue weighted by atomic mass is 9.87. The van der Waals surface area contributed by atoms with Gasteiger partial charge < -0.3 is 20.2 Å². The summed E-state index contributed by atoms with van der Waals surface area (Å²) in [4.78, 5) is 29.3. The highest BCUT2D eigenvalue weighted by molar-refractivity contribution is 7.16. The number of hydrogen-bond donors (Lipinski definition) is 2. The summed E-state index contributed by atoms with van der Waals surface area (Å²) in [5.41, 5.74) is -1.74. The molecule has 0 fully saturated rings. The number of carbonyl (C=O) groups excluding carboxylic acids is 2. The molecule has 37 heavy (non-hydrogen) atoms. The fourth-order valence-electron chi connectivity index (χ4n) is 4.04. The van der Waals surface area contributed by atoms with E-state index in [0.717, 1.165) is 29.0 Å². The van der Waals surface area contributed by atoms with Gasteiger partial charge >= 0.3 is 12.3 Å². The van der Waals surface area contributed by atoms with E-state index in [-0.39, 0.29) is 38.0 Å². The third-order valence-electron chi connectivity index (χ3n) is 5.77. The van der Waals surface area contributed by atoms with Gasteiger partial charge in [-0.15, -0.1) is 0 Å². The van der Waals surface area contributed by atoms with E-state index in [0.29, 0.717) is 29.7 Å². The van der Waals surface area contributed by atoms with Crippen molar-refractivity contribution in [3.63, 3.8) is 0 Å². The first-order valence-corrected chi connectivity index (χ1v) is 12.6. The molecule has 196 valence electrons. The van der Waals surface area contributed by atoms with Crippen molar-refractivity contribution in [3.8, 4) is 11.1 Å². The van der Waals surface area contributed by atoms with Crippen molar-refractivity contribution in [3.05, 3.63) is 48.8 Å². The molecule has 2 N–H and O–H groups in total. The monoisotopic (exact) mass is 594 g/mol. The molecule has 1 aliphatic carbocycles. The summed E-state index contributed by atoms with van der Waals surface area (Å²) < 4.78 is 48.5. The molecule has 1 atom stereocenters. The molecule has 0 saturated heterocycles. The Bertz CT molecular complexity index is 1320. The molecule has 2 aromatic rings. The summed E-state index contributed by atoms with van der Waals surface area (Å²) in [7, 11) is 0. The Balaban J connectivity index is 1.58. The highest BCUT2D eigenvalue weighted by atomic mass is 35.5. The van der Waals surface area contributed by atoms with Gasteiger partial charge in [0.05, 0.1) is 32.4 Å². The molecule has 0 spiro atoms. The van der Waals surface area contributed by atoms with Crippen LogP contribution in [-0.4, -0.2) is 37.0 Å². The van der Waals surface area contributed by atoms with Crippen LogP contribution in [0.15, 0.2) is 17.3 Å². The van der Waals surface area contributed by atoms with E-state index in [2.05, 4.69) is 15.8 Å². The van der Waals surface area contributed by atoms with Gasteiger partial charge in [-0.05, 0) is 37.0 Å². The molecule has 1 aliphatic heterocycles. The van der Waals surface area contributed by atoms with Crippen LogP contribution >= 0.6 is 46.1 Å². The predicted molar refractivity (Wildman–Crippen MR) is 130 cm³/mol. The number of carbonyl (C=O) groups is 2. The molecule has 0 saturated carbocycles. The fourth-order valence-corrected chi connectivity index (χ4v) is 5.86. The third-order valence-corrected chi connectivity index (χ3v) is 8.17. The molecule has 1 unspecified atom stereocenters. The number of nitriles is 1. The lowest BCUT2D eigenvalue weighted by molar-refractivity contribution is -0.275. The second-order valence-electron chi connectivity index (χ2n) is 8.09. The molecule has 15 heteroatoms. The molecule has 2 amide bonds. The number of thiophene rings is 1. The summed E-state index contributed by atoms with van der Waals surface area (Å²) in [6.07, 6.45) is -4.65.